The molecule has 0 bridgehead atoms. The van der Waals surface area contributed by atoms with Crippen molar-refractivity contribution in [2.24, 2.45) is 0 Å². The third kappa shape index (κ3) is 1.20. The number of fused-ring (bicyclic) bond motifs is 1. The number of nitrogens with zero attached hydrogens (tertiary/aromatic N) is 1. The van der Waals surface area contributed by atoms with Crippen molar-refractivity contribution in [2.75, 3.05) is 11.9 Å². The van der Waals surface area contributed by atoms with Gasteiger partial charge in [0, 0.05) is 21.7 Å². The van der Waals surface area contributed by atoms with E-state index >= 15 is 0 Å². The SMILES string of the molecule is CC1(C)CNc2cc(I)cnc21. The second kappa shape index (κ2) is 2.58. The summed E-state index contributed by atoms with van der Waals surface area (Å²) in [5, 5.41) is 3.36. The summed E-state index contributed by atoms with van der Waals surface area (Å²) in [5.74, 6) is 0. The zero-order chi connectivity index (χ0) is 8.77. The minimum Gasteiger partial charge on any atom is -0.383 e. The molecule has 0 aromatic carbocycles. The fourth-order valence-corrected chi connectivity index (χ4v) is 1.96. The average Bonchev–Trinajstić information content (AvgIpc) is 2.27. The number of hydrogen-bond acceptors (Lipinski definition) is 2. The van der Waals surface area contributed by atoms with Gasteiger partial charge in [-0.3, -0.25) is 4.98 Å². The molecule has 1 aliphatic rings. The third-order valence-corrected chi connectivity index (χ3v) is 2.81. The molecule has 2 nitrogen and oxygen atoms in total. The zero-order valence-corrected chi connectivity index (χ0v) is 9.34. The van der Waals surface area contributed by atoms with E-state index in [2.05, 4.69) is 52.8 Å². The van der Waals surface area contributed by atoms with Crippen LogP contribution < -0.4 is 5.32 Å². The summed E-state index contributed by atoms with van der Waals surface area (Å²) in [7, 11) is 0. The zero-order valence-electron chi connectivity index (χ0n) is 7.19. The van der Waals surface area contributed by atoms with Gasteiger partial charge in [-0.15, -0.1) is 0 Å². The molecule has 1 N–H and O–H groups in total. The fraction of sp³-hybridized carbons (Fsp3) is 0.444. The van der Waals surface area contributed by atoms with Crippen molar-refractivity contribution >= 4 is 28.3 Å². The van der Waals surface area contributed by atoms with Crippen LogP contribution >= 0.6 is 22.6 Å². The van der Waals surface area contributed by atoms with Crippen molar-refractivity contribution in [1.29, 1.82) is 0 Å². The van der Waals surface area contributed by atoms with Crippen LogP contribution in [0.3, 0.4) is 0 Å². The molecule has 0 radical (unpaired) electrons. The number of rotatable bonds is 0. The van der Waals surface area contributed by atoms with Crippen LogP contribution in [0.1, 0.15) is 19.5 Å². The quantitative estimate of drug-likeness (QED) is 0.735. The van der Waals surface area contributed by atoms with Gasteiger partial charge in [-0.1, -0.05) is 13.8 Å². The molecule has 12 heavy (non-hydrogen) atoms. The smallest absolute Gasteiger partial charge is 0.0709 e. The summed E-state index contributed by atoms with van der Waals surface area (Å²) < 4.78 is 1.19. The molecule has 0 unspecified atom stereocenters. The van der Waals surface area contributed by atoms with Crippen LogP contribution in [0.25, 0.3) is 0 Å². The molecular weight excluding hydrogens is 263 g/mol. The maximum atomic E-state index is 4.44. The van der Waals surface area contributed by atoms with Gasteiger partial charge in [0.2, 0.25) is 0 Å². The number of anilines is 1. The molecule has 1 aliphatic heterocycles. The van der Waals surface area contributed by atoms with Crippen LogP contribution in [0.4, 0.5) is 5.69 Å². The fourth-order valence-electron chi connectivity index (χ4n) is 1.51. The summed E-state index contributed by atoms with van der Waals surface area (Å²) in [6.45, 7) is 5.42. The summed E-state index contributed by atoms with van der Waals surface area (Å²) in [5.41, 5.74) is 2.59. The summed E-state index contributed by atoms with van der Waals surface area (Å²) in [6.07, 6.45) is 1.92. The molecule has 1 aromatic heterocycles. The van der Waals surface area contributed by atoms with E-state index in [4.69, 9.17) is 0 Å². The molecule has 2 rings (SSSR count). The molecule has 0 aliphatic carbocycles. The molecule has 0 spiro atoms. The molecule has 1 aromatic rings. The predicted octanol–water partition coefficient (Wildman–Crippen LogP) is 2.39. The van der Waals surface area contributed by atoms with E-state index in [1.807, 2.05) is 6.20 Å². The van der Waals surface area contributed by atoms with Crippen molar-refractivity contribution < 1.29 is 0 Å². The third-order valence-electron chi connectivity index (χ3n) is 2.22. The van der Waals surface area contributed by atoms with Gasteiger partial charge in [0.15, 0.2) is 0 Å². The number of hydrogen-bond donors (Lipinski definition) is 1. The second-order valence-electron chi connectivity index (χ2n) is 3.79. The van der Waals surface area contributed by atoms with Crippen LogP contribution in [-0.2, 0) is 5.41 Å². The Balaban J connectivity index is 2.55. The molecule has 0 saturated heterocycles. The Morgan fingerprint density at radius 1 is 1.58 bits per heavy atom. The van der Waals surface area contributed by atoms with E-state index in [9.17, 15) is 0 Å². The van der Waals surface area contributed by atoms with Crippen molar-refractivity contribution in [3.05, 3.63) is 21.5 Å². The molecule has 0 atom stereocenters. The topological polar surface area (TPSA) is 24.9 Å². The molecule has 0 amide bonds. The Morgan fingerprint density at radius 3 is 3.08 bits per heavy atom. The highest BCUT2D eigenvalue weighted by Crippen LogP contribution is 2.34. The Morgan fingerprint density at radius 2 is 2.33 bits per heavy atom. The standard InChI is InChI=1S/C9H11IN2/c1-9(2)5-12-7-3-6(10)4-11-8(7)9/h3-4,12H,5H2,1-2H3. The summed E-state index contributed by atoms with van der Waals surface area (Å²) in [4.78, 5) is 4.44. The number of nitrogens with one attached hydrogen (secondary N) is 1. The highest BCUT2D eigenvalue weighted by molar-refractivity contribution is 14.1. The molecule has 2 heterocycles. The summed E-state index contributed by atoms with van der Waals surface area (Å²) >= 11 is 2.28. The van der Waals surface area contributed by atoms with Gasteiger partial charge in [0.05, 0.1) is 11.4 Å². The van der Waals surface area contributed by atoms with E-state index in [0.29, 0.717) is 0 Å². The lowest BCUT2D eigenvalue weighted by molar-refractivity contribution is 0.568. The Hall–Kier alpha value is -0.320. The molecule has 3 heteroatoms. The van der Waals surface area contributed by atoms with Gasteiger partial charge in [0.1, 0.15) is 0 Å². The van der Waals surface area contributed by atoms with Crippen LogP contribution in [0.2, 0.25) is 0 Å². The monoisotopic (exact) mass is 274 g/mol. The number of halogens is 1. The van der Waals surface area contributed by atoms with Gasteiger partial charge in [-0.2, -0.15) is 0 Å². The van der Waals surface area contributed by atoms with Gasteiger partial charge >= 0.3 is 0 Å². The molecule has 64 valence electrons. The minimum absolute atomic E-state index is 0.194. The highest BCUT2D eigenvalue weighted by atomic mass is 127. The van der Waals surface area contributed by atoms with Crippen LogP contribution in [0.15, 0.2) is 12.3 Å². The first-order valence-electron chi connectivity index (χ1n) is 3.99. The lowest BCUT2D eigenvalue weighted by atomic mass is 9.91. The van der Waals surface area contributed by atoms with E-state index in [-0.39, 0.29) is 5.41 Å². The summed E-state index contributed by atoms with van der Waals surface area (Å²) in [6, 6.07) is 2.15. The second-order valence-corrected chi connectivity index (χ2v) is 5.03. The van der Waals surface area contributed by atoms with Gasteiger partial charge in [-0.25, -0.2) is 0 Å². The van der Waals surface area contributed by atoms with Gasteiger partial charge in [0.25, 0.3) is 0 Å². The normalized spacial score (nSPS) is 18.6. The lowest BCUT2D eigenvalue weighted by Gasteiger charge is -2.14. The largest absolute Gasteiger partial charge is 0.383 e. The van der Waals surface area contributed by atoms with Crippen molar-refractivity contribution in [3.8, 4) is 0 Å². The molecule has 0 saturated carbocycles. The minimum atomic E-state index is 0.194. The van der Waals surface area contributed by atoms with Gasteiger partial charge in [-0.05, 0) is 28.7 Å². The molecule has 0 fully saturated rings. The predicted molar refractivity (Wildman–Crippen MR) is 58.5 cm³/mol. The van der Waals surface area contributed by atoms with E-state index in [1.165, 1.54) is 15.0 Å². The highest BCUT2D eigenvalue weighted by Gasteiger charge is 2.30. The average molecular weight is 274 g/mol. The van der Waals surface area contributed by atoms with E-state index in [0.717, 1.165) is 6.54 Å². The van der Waals surface area contributed by atoms with Crippen LogP contribution in [0.5, 0.6) is 0 Å². The number of aromatic nitrogens is 1. The lowest BCUT2D eigenvalue weighted by Crippen LogP contribution is -2.19. The van der Waals surface area contributed by atoms with Crippen molar-refractivity contribution in [1.82, 2.24) is 4.98 Å². The molecular formula is C9H11IN2. The maximum absolute atomic E-state index is 4.44. The van der Waals surface area contributed by atoms with Gasteiger partial charge < -0.3 is 5.32 Å². The van der Waals surface area contributed by atoms with Crippen LogP contribution in [0, 0.1) is 3.57 Å². The first-order valence-corrected chi connectivity index (χ1v) is 5.07. The van der Waals surface area contributed by atoms with Crippen molar-refractivity contribution in [3.63, 3.8) is 0 Å². The Bertz CT molecular complexity index is 320. The first kappa shape index (κ1) is 8.29. The Kier molecular flexibility index (Phi) is 1.78. The number of pyridine rings is 1. The van der Waals surface area contributed by atoms with Crippen molar-refractivity contribution in [2.45, 2.75) is 19.3 Å². The first-order chi connectivity index (χ1) is 5.59. The Labute approximate surface area is 85.9 Å². The van der Waals surface area contributed by atoms with E-state index in [1.54, 1.807) is 0 Å². The van der Waals surface area contributed by atoms with Crippen LogP contribution in [-0.4, -0.2) is 11.5 Å². The maximum Gasteiger partial charge on any atom is 0.0709 e. The van der Waals surface area contributed by atoms with E-state index < -0.39 is 0 Å².